The summed E-state index contributed by atoms with van der Waals surface area (Å²) < 4.78 is 5.69. The number of nitrogens with two attached hydrogens (primary N) is 1. The minimum atomic E-state index is 0.0739. The maximum atomic E-state index is 5.69. The number of aromatic nitrogens is 2. The topological polar surface area (TPSA) is 85.1 Å². The van der Waals surface area contributed by atoms with Crippen molar-refractivity contribution in [2.24, 2.45) is 5.84 Å². The Hall–Kier alpha value is -2.38. The third kappa shape index (κ3) is 2.07. The van der Waals surface area contributed by atoms with Gasteiger partial charge < -0.3 is 10.1 Å². The summed E-state index contributed by atoms with van der Waals surface area (Å²) in [6.07, 6.45) is 0. The molecule has 0 amide bonds. The van der Waals surface area contributed by atoms with Crippen LogP contribution in [-0.4, -0.2) is 16.6 Å². The fourth-order valence-electron chi connectivity index (χ4n) is 2.48. The van der Waals surface area contributed by atoms with Gasteiger partial charge in [0.1, 0.15) is 23.0 Å². The molecule has 0 spiro atoms. The van der Waals surface area contributed by atoms with Crippen LogP contribution >= 0.6 is 11.3 Å². The molecule has 0 saturated carbocycles. The highest BCUT2D eigenvalue weighted by atomic mass is 32.1. The van der Waals surface area contributed by atoms with Gasteiger partial charge in [-0.1, -0.05) is 18.2 Å². The van der Waals surface area contributed by atoms with Gasteiger partial charge in [-0.05, 0) is 17.5 Å². The summed E-state index contributed by atoms with van der Waals surface area (Å²) in [5, 5.41) is 6.42. The van der Waals surface area contributed by atoms with Crippen LogP contribution in [0, 0.1) is 0 Å². The number of hydrogen-bond donors (Lipinski definition) is 3. The molecule has 1 unspecified atom stereocenters. The Kier molecular flexibility index (Phi) is 2.87. The molecule has 4 N–H and O–H groups in total. The highest BCUT2D eigenvalue weighted by molar-refractivity contribution is 7.16. The van der Waals surface area contributed by atoms with Crippen LogP contribution in [0.15, 0.2) is 35.7 Å². The number of ether oxygens (including phenoxy) is 1. The molecule has 1 aromatic carbocycles. The predicted octanol–water partition coefficient (Wildman–Crippen LogP) is 2.52. The zero-order valence-corrected chi connectivity index (χ0v) is 11.9. The molecular formula is C14H13N5OS. The fraction of sp³-hybridized carbons (Fsp3) is 0.143. The summed E-state index contributed by atoms with van der Waals surface area (Å²) in [5.74, 6) is 7.53. The second-order valence-corrected chi connectivity index (χ2v) is 5.62. The van der Waals surface area contributed by atoms with Crippen LogP contribution < -0.4 is 21.3 Å². The van der Waals surface area contributed by atoms with Gasteiger partial charge in [0.25, 0.3) is 0 Å². The fourth-order valence-corrected chi connectivity index (χ4v) is 3.24. The van der Waals surface area contributed by atoms with Crippen molar-refractivity contribution in [2.45, 2.75) is 6.04 Å². The van der Waals surface area contributed by atoms with Crippen molar-refractivity contribution >= 4 is 33.3 Å². The van der Waals surface area contributed by atoms with Crippen molar-refractivity contribution in [2.75, 3.05) is 17.3 Å². The predicted molar refractivity (Wildman–Crippen MR) is 83.5 cm³/mol. The minimum Gasteiger partial charge on any atom is -0.491 e. The van der Waals surface area contributed by atoms with E-state index in [1.165, 1.54) is 0 Å². The van der Waals surface area contributed by atoms with Crippen molar-refractivity contribution in [3.8, 4) is 5.75 Å². The second-order valence-electron chi connectivity index (χ2n) is 4.73. The molecule has 0 radical (unpaired) electrons. The summed E-state index contributed by atoms with van der Waals surface area (Å²) in [6, 6.07) is 10.1. The van der Waals surface area contributed by atoms with Gasteiger partial charge in [0, 0.05) is 5.56 Å². The van der Waals surface area contributed by atoms with E-state index in [0.717, 1.165) is 27.3 Å². The number of nitrogen functional groups attached to an aromatic ring is 1. The number of hydrazine groups is 1. The molecule has 3 aromatic rings. The molecule has 106 valence electrons. The largest absolute Gasteiger partial charge is 0.491 e. The van der Waals surface area contributed by atoms with E-state index in [2.05, 4.69) is 26.8 Å². The first kappa shape index (κ1) is 12.4. The number of fused-ring (bicyclic) bond motifs is 2. The Morgan fingerprint density at radius 2 is 2.14 bits per heavy atom. The van der Waals surface area contributed by atoms with Crippen LogP contribution in [0.5, 0.6) is 5.75 Å². The first-order valence-electron chi connectivity index (χ1n) is 6.55. The number of hydrogen-bond acceptors (Lipinski definition) is 7. The highest BCUT2D eigenvalue weighted by Crippen LogP contribution is 2.35. The lowest BCUT2D eigenvalue weighted by Gasteiger charge is -2.14. The van der Waals surface area contributed by atoms with E-state index in [1.54, 1.807) is 11.3 Å². The van der Waals surface area contributed by atoms with E-state index in [4.69, 9.17) is 10.6 Å². The van der Waals surface area contributed by atoms with E-state index in [-0.39, 0.29) is 6.04 Å². The quantitative estimate of drug-likeness (QED) is 0.509. The van der Waals surface area contributed by atoms with Gasteiger partial charge in [-0.2, -0.15) is 4.98 Å². The lowest BCUT2D eigenvalue weighted by molar-refractivity contribution is 0.339. The first-order chi connectivity index (χ1) is 10.3. The number of nitrogens with zero attached hydrogens (tertiary/aromatic N) is 2. The molecule has 1 aliphatic heterocycles. The van der Waals surface area contributed by atoms with E-state index < -0.39 is 0 Å². The van der Waals surface area contributed by atoms with E-state index in [9.17, 15) is 0 Å². The van der Waals surface area contributed by atoms with Crippen molar-refractivity contribution in [1.82, 2.24) is 9.97 Å². The number of anilines is 2. The smallest absolute Gasteiger partial charge is 0.240 e. The van der Waals surface area contributed by atoms with Crippen LogP contribution in [0.2, 0.25) is 0 Å². The van der Waals surface area contributed by atoms with Gasteiger partial charge in [-0.15, -0.1) is 11.3 Å². The Labute approximate surface area is 124 Å². The lowest BCUT2D eigenvalue weighted by Crippen LogP contribution is -2.15. The van der Waals surface area contributed by atoms with Crippen molar-refractivity contribution < 1.29 is 4.74 Å². The SMILES string of the molecule is NNc1nc(NC2COc3ccccc32)c2ccsc2n1. The van der Waals surface area contributed by atoms with Gasteiger partial charge in [0.15, 0.2) is 0 Å². The first-order valence-corrected chi connectivity index (χ1v) is 7.43. The van der Waals surface area contributed by atoms with Gasteiger partial charge >= 0.3 is 0 Å². The lowest BCUT2D eigenvalue weighted by atomic mass is 10.1. The molecule has 6 nitrogen and oxygen atoms in total. The highest BCUT2D eigenvalue weighted by Gasteiger charge is 2.24. The number of benzene rings is 1. The van der Waals surface area contributed by atoms with Crippen LogP contribution in [-0.2, 0) is 0 Å². The summed E-state index contributed by atoms with van der Waals surface area (Å²) >= 11 is 1.56. The molecule has 0 bridgehead atoms. The Morgan fingerprint density at radius 1 is 1.24 bits per heavy atom. The summed E-state index contributed by atoms with van der Waals surface area (Å²) in [4.78, 5) is 9.65. The Balaban J connectivity index is 1.73. The third-order valence-electron chi connectivity index (χ3n) is 3.47. The van der Waals surface area contributed by atoms with Crippen LogP contribution in [0.4, 0.5) is 11.8 Å². The monoisotopic (exact) mass is 299 g/mol. The van der Waals surface area contributed by atoms with E-state index >= 15 is 0 Å². The van der Waals surface area contributed by atoms with Crippen LogP contribution in [0.3, 0.4) is 0 Å². The maximum absolute atomic E-state index is 5.69. The zero-order chi connectivity index (χ0) is 14.2. The Morgan fingerprint density at radius 3 is 3.05 bits per heavy atom. The number of thiophene rings is 1. The molecule has 3 heterocycles. The van der Waals surface area contributed by atoms with Crippen molar-refractivity contribution in [1.29, 1.82) is 0 Å². The average molecular weight is 299 g/mol. The average Bonchev–Trinajstić information content (AvgIpc) is 3.14. The Bertz CT molecular complexity index is 803. The molecule has 0 aliphatic carbocycles. The minimum absolute atomic E-state index is 0.0739. The molecule has 0 saturated heterocycles. The summed E-state index contributed by atoms with van der Waals surface area (Å²) in [5.41, 5.74) is 3.65. The van der Waals surface area contributed by atoms with Crippen molar-refractivity contribution in [3.05, 3.63) is 41.3 Å². The summed E-state index contributed by atoms with van der Waals surface area (Å²) in [6.45, 7) is 0.584. The molecule has 1 atom stereocenters. The number of rotatable bonds is 3. The molecular weight excluding hydrogens is 286 g/mol. The molecule has 2 aromatic heterocycles. The zero-order valence-electron chi connectivity index (χ0n) is 11.0. The van der Waals surface area contributed by atoms with Gasteiger partial charge in [-0.3, -0.25) is 5.43 Å². The van der Waals surface area contributed by atoms with Crippen molar-refractivity contribution in [3.63, 3.8) is 0 Å². The maximum Gasteiger partial charge on any atom is 0.240 e. The van der Waals surface area contributed by atoms with Gasteiger partial charge in [0.05, 0.1) is 11.4 Å². The standard InChI is InChI=1S/C14H13N5OS/c15-19-14-17-12(9-5-6-21-13(9)18-14)16-10-7-20-11-4-2-1-3-8(10)11/h1-6,10H,7,15H2,(H2,16,17,18,19). The molecule has 4 rings (SSSR count). The number of para-hydroxylation sites is 1. The number of nitrogens with one attached hydrogen (secondary N) is 2. The molecule has 1 aliphatic rings. The van der Waals surface area contributed by atoms with Gasteiger partial charge in [-0.25, -0.2) is 10.8 Å². The summed E-state index contributed by atoms with van der Waals surface area (Å²) in [7, 11) is 0. The third-order valence-corrected chi connectivity index (χ3v) is 4.27. The van der Waals surface area contributed by atoms with Gasteiger partial charge in [0.2, 0.25) is 5.95 Å². The molecule has 7 heteroatoms. The molecule has 0 fully saturated rings. The van der Waals surface area contributed by atoms with E-state index in [0.29, 0.717) is 12.6 Å². The van der Waals surface area contributed by atoms with Crippen LogP contribution in [0.25, 0.3) is 10.2 Å². The van der Waals surface area contributed by atoms with Crippen LogP contribution in [0.1, 0.15) is 11.6 Å². The molecule has 21 heavy (non-hydrogen) atoms. The van der Waals surface area contributed by atoms with E-state index in [1.807, 2.05) is 29.6 Å². The normalized spacial score (nSPS) is 16.5. The second kappa shape index (κ2) is 4.87.